The number of imidazole rings is 1. The van der Waals surface area contributed by atoms with Gasteiger partial charge in [-0.3, -0.25) is 4.68 Å². The van der Waals surface area contributed by atoms with Crippen molar-refractivity contribution in [2.75, 3.05) is 0 Å². The van der Waals surface area contributed by atoms with Crippen LogP contribution in [0.4, 0.5) is 0 Å². The van der Waals surface area contributed by atoms with Crippen LogP contribution >= 0.6 is 0 Å². The Morgan fingerprint density at radius 2 is 2.06 bits per heavy atom. The first kappa shape index (κ1) is 11.9. The van der Waals surface area contributed by atoms with Crippen LogP contribution in [0.25, 0.3) is 0 Å². The first-order valence-electron chi connectivity index (χ1n) is 6.35. The topological polar surface area (TPSA) is 46.5 Å². The van der Waals surface area contributed by atoms with E-state index < -0.39 is 0 Å². The van der Waals surface area contributed by atoms with Crippen molar-refractivity contribution in [3.05, 3.63) is 35.2 Å². The lowest BCUT2D eigenvalue weighted by molar-refractivity contribution is 0.617. The number of nitrogens with zero attached hydrogens (tertiary/aromatic N) is 3. The Balaban J connectivity index is 2.39. The van der Waals surface area contributed by atoms with E-state index in [1.165, 1.54) is 17.0 Å². The molecule has 0 aromatic carbocycles. The van der Waals surface area contributed by atoms with Crippen LogP contribution in [0.3, 0.4) is 0 Å². The molecule has 0 saturated carbocycles. The highest BCUT2D eigenvalue weighted by Gasteiger charge is 2.15. The van der Waals surface area contributed by atoms with Gasteiger partial charge in [-0.1, -0.05) is 13.8 Å². The second kappa shape index (κ2) is 5.17. The zero-order valence-corrected chi connectivity index (χ0v) is 10.8. The van der Waals surface area contributed by atoms with Crippen molar-refractivity contribution in [2.24, 2.45) is 0 Å². The molecule has 0 atom stereocenters. The van der Waals surface area contributed by atoms with Crippen LogP contribution in [-0.2, 0) is 25.8 Å². The number of hydrogen-bond donors (Lipinski definition) is 1. The zero-order chi connectivity index (χ0) is 12.3. The van der Waals surface area contributed by atoms with Crippen LogP contribution in [0.1, 0.15) is 43.5 Å². The molecule has 4 nitrogen and oxygen atoms in total. The molecule has 0 radical (unpaired) electrons. The van der Waals surface area contributed by atoms with Gasteiger partial charge in [0.1, 0.15) is 5.82 Å². The molecule has 2 heterocycles. The molecule has 92 valence electrons. The van der Waals surface area contributed by atoms with E-state index in [0.29, 0.717) is 0 Å². The van der Waals surface area contributed by atoms with E-state index in [9.17, 15) is 0 Å². The summed E-state index contributed by atoms with van der Waals surface area (Å²) in [6.07, 6.45) is 6.54. The van der Waals surface area contributed by atoms with Crippen LogP contribution < -0.4 is 0 Å². The average molecular weight is 232 g/mol. The third kappa shape index (κ3) is 2.25. The van der Waals surface area contributed by atoms with Crippen LogP contribution in [0.5, 0.6) is 0 Å². The number of aromatic nitrogens is 4. The predicted molar refractivity (Wildman–Crippen MR) is 68.1 cm³/mol. The molecule has 0 aliphatic heterocycles. The molecule has 0 unspecified atom stereocenters. The average Bonchev–Trinajstić information content (AvgIpc) is 2.96. The molecule has 0 aliphatic carbocycles. The Bertz CT molecular complexity index is 468. The monoisotopic (exact) mass is 232 g/mol. The molecular weight excluding hydrogens is 212 g/mol. The van der Waals surface area contributed by atoms with E-state index in [0.717, 1.165) is 31.6 Å². The first-order chi connectivity index (χ1) is 8.30. The van der Waals surface area contributed by atoms with Gasteiger partial charge in [0.25, 0.3) is 0 Å². The van der Waals surface area contributed by atoms with Gasteiger partial charge in [0.05, 0.1) is 5.69 Å². The lowest BCUT2D eigenvalue weighted by atomic mass is 10.1. The van der Waals surface area contributed by atoms with E-state index in [-0.39, 0.29) is 0 Å². The lowest BCUT2D eigenvalue weighted by Crippen LogP contribution is -2.03. The number of hydrogen-bond acceptors (Lipinski definition) is 2. The van der Waals surface area contributed by atoms with Crippen LogP contribution in [0.2, 0.25) is 0 Å². The standard InChI is InChI=1S/C13H20N4/c1-4-11-10(9-13-14-7-8-15-13)12(5-2)17(6-3)16-11/h7-8H,4-6,9H2,1-3H3,(H,14,15). The van der Waals surface area contributed by atoms with Gasteiger partial charge in [-0.15, -0.1) is 0 Å². The summed E-state index contributed by atoms with van der Waals surface area (Å²) in [5.74, 6) is 1.02. The van der Waals surface area contributed by atoms with Gasteiger partial charge in [0.2, 0.25) is 0 Å². The van der Waals surface area contributed by atoms with E-state index in [1.807, 2.05) is 6.20 Å². The van der Waals surface area contributed by atoms with Crippen LogP contribution in [0, 0.1) is 0 Å². The number of rotatable bonds is 5. The van der Waals surface area contributed by atoms with Gasteiger partial charge in [0.15, 0.2) is 0 Å². The van der Waals surface area contributed by atoms with Crippen molar-refractivity contribution in [2.45, 2.75) is 46.6 Å². The fraction of sp³-hybridized carbons (Fsp3) is 0.538. The molecule has 0 amide bonds. The summed E-state index contributed by atoms with van der Waals surface area (Å²) in [6.45, 7) is 7.43. The van der Waals surface area contributed by atoms with E-state index in [4.69, 9.17) is 0 Å². The summed E-state index contributed by atoms with van der Waals surface area (Å²) in [6, 6.07) is 0. The molecule has 2 rings (SSSR count). The quantitative estimate of drug-likeness (QED) is 0.860. The van der Waals surface area contributed by atoms with Gasteiger partial charge < -0.3 is 4.98 Å². The summed E-state index contributed by atoms with van der Waals surface area (Å²) in [5.41, 5.74) is 3.91. The van der Waals surface area contributed by atoms with Crippen molar-refractivity contribution in [3.8, 4) is 0 Å². The van der Waals surface area contributed by atoms with Gasteiger partial charge in [-0.2, -0.15) is 5.10 Å². The Hall–Kier alpha value is -1.58. The van der Waals surface area contributed by atoms with Gasteiger partial charge in [-0.25, -0.2) is 4.98 Å². The minimum Gasteiger partial charge on any atom is -0.348 e. The minimum absolute atomic E-state index is 0.860. The zero-order valence-electron chi connectivity index (χ0n) is 10.8. The molecule has 0 saturated heterocycles. The lowest BCUT2D eigenvalue weighted by Gasteiger charge is -2.04. The van der Waals surface area contributed by atoms with Crippen molar-refractivity contribution in [1.29, 1.82) is 0 Å². The molecule has 4 heteroatoms. The summed E-state index contributed by atoms with van der Waals surface area (Å²) in [4.78, 5) is 7.47. The second-order valence-electron chi connectivity index (χ2n) is 4.11. The maximum atomic E-state index is 4.67. The Kier molecular flexibility index (Phi) is 3.61. The van der Waals surface area contributed by atoms with Gasteiger partial charge in [0, 0.05) is 36.6 Å². The maximum absolute atomic E-state index is 4.67. The third-order valence-electron chi connectivity index (χ3n) is 3.12. The van der Waals surface area contributed by atoms with Crippen molar-refractivity contribution in [3.63, 3.8) is 0 Å². The minimum atomic E-state index is 0.860. The highest BCUT2D eigenvalue weighted by Crippen LogP contribution is 2.19. The van der Waals surface area contributed by atoms with Crippen molar-refractivity contribution >= 4 is 0 Å². The smallest absolute Gasteiger partial charge is 0.110 e. The van der Waals surface area contributed by atoms with Crippen molar-refractivity contribution < 1.29 is 0 Å². The van der Waals surface area contributed by atoms with Gasteiger partial charge >= 0.3 is 0 Å². The predicted octanol–water partition coefficient (Wildman–Crippen LogP) is 2.34. The second-order valence-corrected chi connectivity index (χ2v) is 4.11. The highest BCUT2D eigenvalue weighted by molar-refractivity contribution is 5.29. The summed E-state index contributed by atoms with van der Waals surface area (Å²) >= 11 is 0. The maximum Gasteiger partial charge on any atom is 0.110 e. The molecule has 0 bridgehead atoms. The van der Waals surface area contributed by atoms with E-state index in [2.05, 4.69) is 40.5 Å². The normalized spacial score (nSPS) is 11.0. The number of nitrogens with one attached hydrogen (secondary N) is 1. The molecular formula is C13H20N4. The summed E-state index contributed by atoms with van der Waals surface area (Å²) < 4.78 is 2.12. The van der Waals surface area contributed by atoms with Crippen LogP contribution in [-0.4, -0.2) is 19.7 Å². The van der Waals surface area contributed by atoms with Crippen LogP contribution in [0.15, 0.2) is 12.4 Å². The van der Waals surface area contributed by atoms with Crippen molar-refractivity contribution in [1.82, 2.24) is 19.7 Å². The van der Waals surface area contributed by atoms with E-state index >= 15 is 0 Å². The fourth-order valence-electron chi connectivity index (χ4n) is 2.30. The first-order valence-corrected chi connectivity index (χ1v) is 6.35. The molecule has 0 fully saturated rings. The molecule has 2 aromatic rings. The fourth-order valence-corrected chi connectivity index (χ4v) is 2.30. The van der Waals surface area contributed by atoms with E-state index in [1.54, 1.807) is 6.20 Å². The molecule has 17 heavy (non-hydrogen) atoms. The molecule has 2 aromatic heterocycles. The summed E-state index contributed by atoms with van der Waals surface area (Å²) in [5, 5.41) is 4.67. The van der Waals surface area contributed by atoms with Gasteiger partial charge in [-0.05, 0) is 19.8 Å². The number of H-pyrrole nitrogens is 1. The highest BCUT2D eigenvalue weighted by atomic mass is 15.3. The Morgan fingerprint density at radius 3 is 2.59 bits per heavy atom. The number of aryl methyl sites for hydroxylation is 2. The SMILES string of the molecule is CCc1nn(CC)c(CC)c1Cc1ncc[nH]1. The number of aromatic amines is 1. The largest absolute Gasteiger partial charge is 0.348 e. The molecule has 0 spiro atoms. The summed E-state index contributed by atoms with van der Waals surface area (Å²) in [7, 11) is 0. The molecule has 0 aliphatic rings. The Morgan fingerprint density at radius 1 is 1.24 bits per heavy atom. The third-order valence-corrected chi connectivity index (χ3v) is 3.12. The molecule has 1 N–H and O–H groups in total. The Labute approximate surface area is 102 Å².